The summed E-state index contributed by atoms with van der Waals surface area (Å²) in [5.41, 5.74) is 0. The number of aryl methyl sites for hydroxylation is 1. The fraction of sp³-hybridized carbons (Fsp3) is 0.812. The number of nitrogens with one attached hydrogen (secondary N) is 1. The number of unbranched alkanes of at least 4 members (excludes halogenated alkanes) is 1. The van der Waals surface area contributed by atoms with Gasteiger partial charge in [0.25, 0.3) is 0 Å². The van der Waals surface area contributed by atoms with Crippen LogP contribution in [-0.2, 0) is 11.3 Å². The van der Waals surface area contributed by atoms with Crippen LogP contribution in [0.4, 0.5) is 0 Å². The Labute approximate surface area is 139 Å². The minimum Gasteiger partial charge on any atom is -0.381 e. The van der Waals surface area contributed by atoms with Gasteiger partial charge in [0.2, 0.25) is 0 Å². The number of rotatable bonds is 8. The van der Waals surface area contributed by atoms with Crippen molar-refractivity contribution in [2.45, 2.75) is 38.6 Å². The van der Waals surface area contributed by atoms with Crippen molar-refractivity contribution >= 4 is 5.96 Å². The fourth-order valence-electron chi connectivity index (χ4n) is 2.86. The van der Waals surface area contributed by atoms with E-state index in [1.165, 1.54) is 19.3 Å². The highest BCUT2D eigenvalue weighted by molar-refractivity contribution is 5.79. The molecule has 0 saturated carbocycles. The predicted octanol–water partition coefficient (Wildman–Crippen LogP) is 1.38. The molecular formula is C16H30N6O. The van der Waals surface area contributed by atoms with Gasteiger partial charge in [-0.3, -0.25) is 4.99 Å². The zero-order chi connectivity index (χ0) is 16.3. The zero-order valence-corrected chi connectivity index (χ0v) is 14.4. The summed E-state index contributed by atoms with van der Waals surface area (Å²) in [6.07, 6.45) is 9.34. The van der Waals surface area contributed by atoms with Gasteiger partial charge in [0.1, 0.15) is 12.7 Å². The lowest BCUT2D eigenvalue weighted by atomic mass is 9.96. The smallest absolute Gasteiger partial charge is 0.193 e. The van der Waals surface area contributed by atoms with E-state index < -0.39 is 0 Å². The van der Waals surface area contributed by atoms with Crippen molar-refractivity contribution in [3.63, 3.8) is 0 Å². The molecule has 0 unspecified atom stereocenters. The molecule has 7 heteroatoms. The molecule has 1 aliphatic heterocycles. The summed E-state index contributed by atoms with van der Waals surface area (Å²) in [6.45, 7) is 4.80. The average molecular weight is 322 g/mol. The van der Waals surface area contributed by atoms with Crippen LogP contribution in [0.5, 0.6) is 0 Å². The molecule has 1 saturated heterocycles. The van der Waals surface area contributed by atoms with Crippen LogP contribution in [0.2, 0.25) is 0 Å². The molecule has 0 atom stereocenters. The molecule has 2 rings (SSSR count). The number of hydrogen-bond acceptors (Lipinski definition) is 4. The molecule has 1 aromatic heterocycles. The predicted molar refractivity (Wildman–Crippen MR) is 91.4 cm³/mol. The quantitative estimate of drug-likeness (QED) is 0.445. The Morgan fingerprint density at radius 3 is 2.74 bits per heavy atom. The molecule has 0 amide bonds. The van der Waals surface area contributed by atoms with Crippen LogP contribution in [-0.4, -0.2) is 66.0 Å². The Bertz CT molecular complexity index is 441. The molecule has 7 nitrogen and oxygen atoms in total. The molecule has 0 spiro atoms. The van der Waals surface area contributed by atoms with Crippen LogP contribution in [0, 0.1) is 5.92 Å². The summed E-state index contributed by atoms with van der Waals surface area (Å²) in [5, 5.41) is 11.1. The molecule has 0 radical (unpaired) electrons. The molecule has 23 heavy (non-hydrogen) atoms. The Hall–Kier alpha value is -1.63. The molecule has 1 fully saturated rings. The molecule has 130 valence electrons. The first-order valence-corrected chi connectivity index (χ1v) is 8.61. The van der Waals surface area contributed by atoms with Crippen LogP contribution in [0.25, 0.3) is 0 Å². The van der Waals surface area contributed by atoms with E-state index in [1.54, 1.807) is 12.7 Å². The molecule has 0 aromatic carbocycles. The number of guanidine groups is 1. The summed E-state index contributed by atoms with van der Waals surface area (Å²) in [5.74, 6) is 1.79. The van der Waals surface area contributed by atoms with E-state index in [-0.39, 0.29) is 0 Å². The molecule has 1 aromatic rings. The van der Waals surface area contributed by atoms with Crippen molar-refractivity contribution in [2.24, 2.45) is 10.9 Å². The topological polar surface area (TPSA) is 67.6 Å². The SMILES string of the molecule is CN=C(NCCCCn1cnnc1)N(C)CCC1CCOCC1. The van der Waals surface area contributed by atoms with Crippen LogP contribution in [0.3, 0.4) is 0 Å². The van der Waals surface area contributed by atoms with E-state index in [4.69, 9.17) is 4.74 Å². The number of aromatic nitrogens is 3. The van der Waals surface area contributed by atoms with Gasteiger partial charge < -0.3 is 19.5 Å². The second-order valence-corrected chi connectivity index (χ2v) is 6.15. The van der Waals surface area contributed by atoms with Crippen LogP contribution < -0.4 is 5.32 Å². The third kappa shape index (κ3) is 6.56. The van der Waals surface area contributed by atoms with Gasteiger partial charge in [-0.05, 0) is 38.0 Å². The number of ether oxygens (including phenoxy) is 1. The summed E-state index contributed by atoms with van der Waals surface area (Å²) in [6, 6.07) is 0. The van der Waals surface area contributed by atoms with Crippen LogP contribution in [0.15, 0.2) is 17.6 Å². The lowest BCUT2D eigenvalue weighted by Gasteiger charge is -2.26. The monoisotopic (exact) mass is 322 g/mol. The second-order valence-electron chi connectivity index (χ2n) is 6.15. The van der Waals surface area contributed by atoms with Crippen molar-refractivity contribution in [2.75, 3.05) is 40.4 Å². The van der Waals surface area contributed by atoms with Gasteiger partial charge in [-0.25, -0.2) is 0 Å². The van der Waals surface area contributed by atoms with Gasteiger partial charge in [-0.1, -0.05) is 0 Å². The Morgan fingerprint density at radius 2 is 2.04 bits per heavy atom. The van der Waals surface area contributed by atoms with E-state index >= 15 is 0 Å². The standard InChI is InChI=1S/C16H30N6O/c1-17-16(18-8-3-4-9-22-13-19-20-14-22)21(2)10-5-15-6-11-23-12-7-15/h13-15H,3-12H2,1-2H3,(H,17,18). The Balaban J connectivity index is 1.57. The fourth-order valence-corrected chi connectivity index (χ4v) is 2.86. The number of hydrogen-bond donors (Lipinski definition) is 1. The maximum Gasteiger partial charge on any atom is 0.193 e. The van der Waals surface area contributed by atoms with E-state index in [0.717, 1.165) is 57.6 Å². The first-order valence-electron chi connectivity index (χ1n) is 8.61. The molecule has 1 aliphatic rings. The Morgan fingerprint density at radius 1 is 1.30 bits per heavy atom. The molecule has 1 N–H and O–H groups in total. The minimum absolute atomic E-state index is 0.799. The maximum absolute atomic E-state index is 5.42. The number of nitrogens with zero attached hydrogens (tertiary/aromatic N) is 5. The molecular weight excluding hydrogens is 292 g/mol. The van der Waals surface area contributed by atoms with Crippen LogP contribution >= 0.6 is 0 Å². The van der Waals surface area contributed by atoms with E-state index in [0.29, 0.717) is 0 Å². The lowest BCUT2D eigenvalue weighted by Crippen LogP contribution is -2.40. The van der Waals surface area contributed by atoms with Gasteiger partial charge >= 0.3 is 0 Å². The van der Waals surface area contributed by atoms with Gasteiger partial charge in [-0.15, -0.1) is 10.2 Å². The van der Waals surface area contributed by atoms with Crippen molar-refractivity contribution in [3.05, 3.63) is 12.7 Å². The maximum atomic E-state index is 5.42. The van der Waals surface area contributed by atoms with Crippen molar-refractivity contribution in [1.82, 2.24) is 25.0 Å². The first-order chi connectivity index (χ1) is 11.3. The molecule has 0 aliphatic carbocycles. The van der Waals surface area contributed by atoms with E-state index in [9.17, 15) is 0 Å². The second kappa shape index (κ2) is 10.2. The zero-order valence-electron chi connectivity index (χ0n) is 14.4. The largest absolute Gasteiger partial charge is 0.381 e. The summed E-state index contributed by atoms with van der Waals surface area (Å²) >= 11 is 0. The van der Waals surface area contributed by atoms with Gasteiger partial charge in [0, 0.05) is 46.9 Å². The summed E-state index contributed by atoms with van der Waals surface area (Å²) in [7, 11) is 3.97. The van der Waals surface area contributed by atoms with Crippen molar-refractivity contribution in [1.29, 1.82) is 0 Å². The highest BCUT2D eigenvalue weighted by atomic mass is 16.5. The normalized spacial score (nSPS) is 16.5. The van der Waals surface area contributed by atoms with E-state index in [1.807, 2.05) is 11.6 Å². The lowest BCUT2D eigenvalue weighted by molar-refractivity contribution is 0.0625. The van der Waals surface area contributed by atoms with Gasteiger partial charge in [-0.2, -0.15) is 0 Å². The summed E-state index contributed by atoms with van der Waals surface area (Å²) in [4.78, 5) is 6.61. The first kappa shape index (κ1) is 17.7. The minimum atomic E-state index is 0.799. The highest BCUT2D eigenvalue weighted by Gasteiger charge is 2.15. The third-order valence-corrected chi connectivity index (χ3v) is 4.38. The summed E-state index contributed by atoms with van der Waals surface area (Å²) < 4.78 is 7.43. The average Bonchev–Trinajstić information content (AvgIpc) is 3.10. The Kier molecular flexibility index (Phi) is 7.86. The van der Waals surface area contributed by atoms with Crippen LogP contribution in [0.1, 0.15) is 32.1 Å². The van der Waals surface area contributed by atoms with E-state index in [2.05, 4.69) is 32.5 Å². The van der Waals surface area contributed by atoms with Crippen molar-refractivity contribution < 1.29 is 4.74 Å². The van der Waals surface area contributed by atoms with Gasteiger partial charge in [0.05, 0.1) is 0 Å². The third-order valence-electron chi connectivity index (χ3n) is 4.38. The molecule has 2 heterocycles. The number of aliphatic imine (C=N–C) groups is 1. The molecule has 0 bridgehead atoms. The van der Waals surface area contributed by atoms with Crippen molar-refractivity contribution in [3.8, 4) is 0 Å². The highest BCUT2D eigenvalue weighted by Crippen LogP contribution is 2.18. The van der Waals surface area contributed by atoms with Gasteiger partial charge in [0.15, 0.2) is 5.96 Å².